The van der Waals surface area contributed by atoms with Crippen LogP contribution >= 0.6 is 11.6 Å². The number of esters is 1. The Morgan fingerprint density at radius 2 is 2.20 bits per heavy atom. The van der Waals surface area contributed by atoms with Gasteiger partial charge in [-0.1, -0.05) is 25.4 Å². The van der Waals surface area contributed by atoms with Crippen molar-refractivity contribution in [1.29, 1.82) is 0 Å². The molecule has 0 saturated heterocycles. The number of nitrogens with zero attached hydrogens (tertiary/aromatic N) is 2. The van der Waals surface area contributed by atoms with Gasteiger partial charge < -0.3 is 4.74 Å². The van der Waals surface area contributed by atoms with Crippen molar-refractivity contribution in [2.75, 3.05) is 7.11 Å². The molecule has 1 fully saturated rings. The maximum atomic E-state index is 12.2. The van der Waals surface area contributed by atoms with Gasteiger partial charge in [-0.3, -0.25) is 4.79 Å². The number of carbonyl (C=O) groups is 1. The van der Waals surface area contributed by atoms with E-state index in [9.17, 15) is 9.59 Å². The number of hydrogen-bond acceptors (Lipinski definition) is 4. The summed E-state index contributed by atoms with van der Waals surface area (Å²) < 4.78 is 5.92. The lowest BCUT2D eigenvalue weighted by atomic mass is 10.0. The van der Waals surface area contributed by atoms with Gasteiger partial charge in [0.1, 0.15) is 0 Å². The highest BCUT2D eigenvalue weighted by Crippen LogP contribution is 2.42. The molecule has 0 radical (unpaired) electrons. The van der Waals surface area contributed by atoms with Crippen LogP contribution in [-0.2, 0) is 9.53 Å². The third kappa shape index (κ3) is 3.20. The summed E-state index contributed by atoms with van der Waals surface area (Å²) >= 11 is 6.14. The summed E-state index contributed by atoms with van der Waals surface area (Å²) in [6.45, 7) is 3.95. The Labute approximate surface area is 122 Å². The predicted molar refractivity (Wildman–Crippen MR) is 76.0 cm³/mol. The van der Waals surface area contributed by atoms with Gasteiger partial charge in [-0.15, -0.1) is 0 Å². The fraction of sp³-hybridized carbons (Fsp3) is 0.643. The van der Waals surface area contributed by atoms with E-state index in [4.69, 9.17) is 16.3 Å². The van der Waals surface area contributed by atoms with Gasteiger partial charge in [-0.05, 0) is 36.7 Å². The third-order valence-corrected chi connectivity index (χ3v) is 3.71. The number of halogens is 1. The van der Waals surface area contributed by atoms with Crippen LogP contribution in [0, 0.1) is 5.92 Å². The van der Waals surface area contributed by atoms with E-state index in [1.807, 2.05) is 13.8 Å². The molecule has 0 amide bonds. The quantitative estimate of drug-likeness (QED) is 0.784. The first-order valence-corrected chi connectivity index (χ1v) is 7.19. The third-order valence-electron chi connectivity index (χ3n) is 3.42. The lowest BCUT2D eigenvalue weighted by molar-refractivity contribution is -0.145. The molecule has 5 nitrogen and oxygen atoms in total. The average molecular weight is 299 g/mol. The SMILES string of the molecule is COC(=O)C(CC(C)C)n1nc(Cl)c(C2CC2)cc1=O. The lowest BCUT2D eigenvalue weighted by Crippen LogP contribution is -2.33. The van der Waals surface area contributed by atoms with Crippen molar-refractivity contribution < 1.29 is 9.53 Å². The lowest BCUT2D eigenvalue weighted by Gasteiger charge is -2.18. The molecule has 1 saturated carbocycles. The molecular weight excluding hydrogens is 280 g/mol. The topological polar surface area (TPSA) is 61.2 Å². The van der Waals surface area contributed by atoms with Crippen molar-refractivity contribution in [3.8, 4) is 0 Å². The highest BCUT2D eigenvalue weighted by atomic mass is 35.5. The summed E-state index contributed by atoms with van der Waals surface area (Å²) in [7, 11) is 1.31. The molecule has 1 aliphatic rings. The van der Waals surface area contributed by atoms with E-state index in [0.717, 1.165) is 23.1 Å². The van der Waals surface area contributed by atoms with Crippen LogP contribution in [-0.4, -0.2) is 22.9 Å². The first kappa shape index (κ1) is 15.0. The molecule has 110 valence electrons. The molecule has 2 rings (SSSR count). The molecule has 20 heavy (non-hydrogen) atoms. The first-order chi connectivity index (χ1) is 9.43. The monoisotopic (exact) mass is 298 g/mol. The molecule has 0 aliphatic heterocycles. The Bertz CT molecular complexity index is 564. The van der Waals surface area contributed by atoms with Gasteiger partial charge in [-0.25, -0.2) is 9.48 Å². The van der Waals surface area contributed by atoms with E-state index in [1.165, 1.54) is 13.2 Å². The zero-order chi connectivity index (χ0) is 14.9. The molecule has 1 heterocycles. The van der Waals surface area contributed by atoms with Gasteiger partial charge in [-0.2, -0.15) is 5.10 Å². The van der Waals surface area contributed by atoms with Crippen LogP contribution in [0.25, 0.3) is 0 Å². The number of methoxy groups -OCH3 is 1. The van der Waals surface area contributed by atoms with Crippen LogP contribution in [0.15, 0.2) is 10.9 Å². The molecule has 1 unspecified atom stereocenters. The van der Waals surface area contributed by atoms with E-state index >= 15 is 0 Å². The standard InChI is InChI=1S/C14H19ClN2O3/c1-8(2)6-11(14(19)20-3)17-12(18)7-10(9-4-5-9)13(15)16-17/h7-9,11H,4-6H2,1-3H3. The maximum absolute atomic E-state index is 12.2. The fourth-order valence-corrected chi connectivity index (χ4v) is 2.53. The van der Waals surface area contributed by atoms with Crippen LogP contribution in [0.2, 0.25) is 5.15 Å². The van der Waals surface area contributed by atoms with E-state index in [-0.39, 0.29) is 11.5 Å². The van der Waals surface area contributed by atoms with E-state index in [0.29, 0.717) is 17.5 Å². The summed E-state index contributed by atoms with van der Waals surface area (Å²) in [6, 6.07) is 0.779. The minimum Gasteiger partial charge on any atom is -0.467 e. The number of rotatable bonds is 5. The van der Waals surface area contributed by atoms with Gasteiger partial charge in [0, 0.05) is 6.07 Å². The maximum Gasteiger partial charge on any atom is 0.330 e. The second kappa shape index (κ2) is 5.95. The summed E-state index contributed by atoms with van der Waals surface area (Å²) in [5.74, 6) is 0.109. The summed E-state index contributed by atoms with van der Waals surface area (Å²) in [4.78, 5) is 24.1. The van der Waals surface area contributed by atoms with Crippen LogP contribution in [0.3, 0.4) is 0 Å². The second-order valence-electron chi connectivity index (χ2n) is 5.62. The van der Waals surface area contributed by atoms with E-state index in [2.05, 4.69) is 5.10 Å². The Balaban J connectivity index is 2.39. The normalized spacial score (nSPS) is 16.2. The second-order valence-corrected chi connectivity index (χ2v) is 5.97. The Kier molecular flexibility index (Phi) is 4.48. The molecule has 0 N–H and O–H groups in total. The minimum atomic E-state index is -0.724. The summed E-state index contributed by atoms with van der Waals surface area (Å²) in [5.41, 5.74) is 0.494. The van der Waals surface area contributed by atoms with Crippen LogP contribution in [0.1, 0.15) is 50.6 Å². The Hall–Kier alpha value is -1.36. The number of aromatic nitrogens is 2. The molecular formula is C14H19ClN2O3. The van der Waals surface area contributed by atoms with Crippen molar-refractivity contribution in [2.24, 2.45) is 5.92 Å². The molecule has 6 heteroatoms. The summed E-state index contributed by atoms with van der Waals surface area (Å²) in [6.07, 6.45) is 2.56. The highest BCUT2D eigenvalue weighted by molar-refractivity contribution is 6.30. The van der Waals surface area contributed by atoms with E-state index in [1.54, 1.807) is 0 Å². The van der Waals surface area contributed by atoms with Crippen molar-refractivity contribution in [1.82, 2.24) is 9.78 Å². The highest BCUT2D eigenvalue weighted by Gasteiger charge is 2.30. The van der Waals surface area contributed by atoms with Gasteiger partial charge in [0.25, 0.3) is 5.56 Å². The molecule has 1 aromatic rings. The Morgan fingerprint density at radius 1 is 1.55 bits per heavy atom. The first-order valence-electron chi connectivity index (χ1n) is 6.81. The van der Waals surface area contributed by atoms with Crippen LogP contribution in [0.4, 0.5) is 0 Å². The van der Waals surface area contributed by atoms with Gasteiger partial charge in [0.2, 0.25) is 0 Å². The van der Waals surface area contributed by atoms with E-state index < -0.39 is 12.0 Å². The van der Waals surface area contributed by atoms with Crippen molar-refractivity contribution in [3.63, 3.8) is 0 Å². The number of carbonyl (C=O) groups excluding carboxylic acids is 1. The molecule has 1 aromatic heterocycles. The van der Waals surface area contributed by atoms with Crippen molar-refractivity contribution in [3.05, 3.63) is 27.1 Å². The molecule has 1 aliphatic carbocycles. The van der Waals surface area contributed by atoms with Gasteiger partial charge in [0.15, 0.2) is 11.2 Å². The van der Waals surface area contributed by atoms with Crippen LogP contribution < -0.4 is 5.56 Å². The zero-order valence-corrected chi connectivity index (χ0v) is 12.7. The molecule has 1 atom stereocenters. The summed E-state index contributed by atoms with van der Waals surface area (Å²) in [5, 5.41) is 4.44. The fourth-order valence-electron chi connectivity index (χ4n) is 2.24. The molecule has 0 bridgehead atoms. The predicted octanol–water partition coefficient (Wildman–Crippen LogP) is 2.53. The number of ether oxygens (including phenoxy) is 1. The minimum absolute atomic E-state index is 0.231. The Morgan fingerprint density at radius 3 is 2.70 bits per heavy atom. The van der Waals surface area contributed by atoms with Crippen molar-refractivity contribution in [2.45, 2.75) is 45.1 Å². The van der Waals surface area contributed by atoms with Gasteiger partial charge in [0.05, 0.1) is 7.11 Å². The smallest absolute Gasteiger partial charge is 0.330 e. The zero-order valence-electron chi connectivity index (χ0n) is 11.9. The van der Waals surface area contributed by atoms with Gasteiger partial charge >= 0.3 is 5.97 Å². The number of hydrogen-bond donors (Lipinski definition) is 0. The largest absolute Gasteiger partial charge is 0.467 e. The van der Waals surface area contributed by atoms with Crippen LogP contribution in [0.5, 0.6) is 0 Å². The molecule has 0 spiro atoms. The molecule has 0 aromatic carbocycles. The average Bonchev–Trinajstić information content (AvgIpc) is 3.21. The van der Waals surface area contributed by atoms with Crippen molar-refractivity contribution >= 4 is 17.6 Å².